The number of hydrogen-bond donors (Lipinski definition) is 1. The summed E-state index contributed by atoms with van der Waals surface area (Å²) in [6.45, 7) is 3.40. The van der Waals surface area contributed by atoms with Gasteiger partial charge in [-0.1, -0.05) is 0 Å². The van der Waals surface area contributed by atoms with E-state index in [0.29, 0.717) is 12.1 Å². The van der Waals surface area contributed by atoms with E-state index < -0.39 is 0 Å². The standard InChI is InChI=1S/C16H19N3O3.ClH/c1-21-16(20)13-8-14(22-11-13)10-19-7-6-18-9-15(19)12-2-4-17-5-3-12;/h2-5,8,11,15,18H,6-7,9-10H2,1H3;1H. The highest BCUT2D eigenvalue weighted by Gasteiger charge is 2.25. The van der Waals surface area contributed by atoms with Crippen molar-refractivity contribution in [2.75, 3.05) is 26.7 Å². The minimum absolute atomic E-state index is 0. The molecule has 0 saturated carbocycles. The number of piperazine rings is 1. The molecule has 0 radical (unpaired) electrons. The van der Waals surface area contributed by atoms with Gasteiger partial charge in [-0.2, -0.15) is 0 Å². The summed E-state index contributed by atoms with van der Waals surface area (Å²) in [4.78, 5) is 17.9. The number of methoxy groups -OCH3 is 1. The van der Waals surface area contributed by atoms with Crippen molar-refractivity contribution in [3.05, 3.63) is 53.7 Å². The first-order valence-electron chi connectivity index (χ1n) is 7.28. The van der Waals surface area contributed by atoms with Crippen LogP contribution in [0.2, 0.25) is 0 Å². The Balaban J connectivity index is 0.00000192. The molecule has 1 fully saturated rings. The number of ether oxygens (including phenoxy) is 1. The molecule has 1 unspecified atom stereocenters. The van der Waals surface area contributed by atoms with Gasteiger partial charge in [-0.25, -0.2) is 4.79 Å². The molecule has 1 saturated heterocycles. The van der Waals surface area contributed by atoms with Gasteiger partial charge < -0.3 is 14.5 Å². The van der Waals surface area contributed by atoms with E-state index in [9.17, 15) is 4.79 Å². The van der Waals surface area contributed by atoms with Crippen LogP contribution in [0.3, 0.4) is 0 Å². The lowest BCUT2D eigenvalue weighted by atomic mass is 10.0. The van der Waals surface area contributed by atoms with E-state index >= 15 is 0 Å². The molecule has 1 atom stereocenters. The molecule has 23 heavy (non-hydrogen) atoms. The summed E-state index contributed by atoms with van der Waals surface area (Å²) in [6, 6.07) is 6.08. The van der Waals surface area contributed by atoms with Gasteiger partial charge in [0.2, 0.25) is 0 Å². The van der Waals surface area contributed by atoms with E-state index in [1.807, 2.05) is 24.5 Å². The quantitative estimate of drug-likeness (QED) is 0.861. The molecule has 3 heterocycles. The van der Waals surface area contributed by atoms with Crippen molar-refractivity contribution in [1.29, 1.82) is 0 Å². The van der Waals surface area contributed by atoms with Crippen molar-refractivity contribution in [1.82, 2.24) is 15.2 Å². The van der Waals surface area contributed by atoms with Gasteiger partial charge in [0.25, 0.3) is 0 Å². The molecule has 0 aromatic carbocycles. The molecule has 1 aliphatic heterocycles. The van der Waals surface area contributed by atoms with Crippen molar-refractivity contribution in [3.63, 3.8) is 0 Å². The first-order valence-corrected chi connectivity index (χ1v) is 7.28. The molecule has 2 aromatic rings. The highest BCUT2D eigenvalue weighted by atomic mass is 35.5. The second-order valence-corrected chi connectivity index (χ2v) is 5.26. The fraction of sp³-hybridized carbons (Fsp3) is 0.375. The Hall–Kier alpha value is -1.89. The summed E-state index contributed by atoms with van der Waals surface area (Å²) in [5.41, 5.74) is 1.68. The first kappa shape index (κ1) is 17.5. The van der Waals surface area contributed by atoms with Crippen molar-refractivity contribution in [3.8, 4) is 0 Å². The number of nitrogens with zero attached hydrogens (tertiary/aromatic N) is 2. The molecule has 0 spiro atoms. The van der Waals surface area contributed by atoms with Crippen LogP contribution in [0.25, 0.3) is 0 Å². The van der Waals surface area contributed by atoms with E-state index in [1.54, 1.807) is 6.07 Å². The van der Waals surface area contributed by atoms with Gasteiger partial charge in [-0.3, -0.25) is 9.88 Å². The lowest BCUT2D eigenvalue weighted by Gasteiger charge is -2.35. The predicted octanol–water partition coefficient (Wildman–Crippen LogP) is 2.03. The highest BCUT2D eigenvalue weighted by Crippen LogP contribution is 2.24. The molecule has 2 aromatic heterocycles. The lowest BCUT2D eigenvalue weighted by molar-refractivity contribution is 0.0600. The highest BCUT2D eigenvalue weighted by molar-refractivity contribution is 5.88. The Bertz CT molecular complexity index is 633. The fourth-order valence-electron chi connectivity index (χ4n) is 2.74. The molecule has 124 valence electrons. The predicted molar refractivity (Wildman–Crippen MR) is 87.6 cm³/mol. The monoisotopic (exact) mass is 337 g/mol. The summed E-state index contributed by atoms with van der Waals surface area (Å²) < 4.78 is 10.2. The third kappa shape index (κ3) is 4.10. The number of carbonyl (C=O) groups excluding carboxylic acids is 1. The lowest BCUT2D eigenvalue weighted by Crippen LogP contribution is -2.45. The zero-order valence-electron chi connectivity index (χ0n) is 12.9. The smallest absolute Gasteiger partial charge is 0.341 e. The maximum Gasteiger partial charge on any atom is 0.341 e. The van der Waals surface area contributed by atoms with Crippen molar-refractivity contribution >= 4 is 18.4 Å². The number of esters is 1. The Morgan fingerprint density at radius 1 is 1.48 bits per heavy atom. The number of aromatic nitrogens is 1. The average molecular weight is 338 g/mol. The number of pyridine rings is 1. The molecule has 7 heteroatoms. The Morgan fingerprint density at radius 2 is 2.26 bits per heavy atom. The number of halogens is 1. The van der Waals surface area contributed by atoms with E-state index in [0.717, 1.165) is 25.4 Å². The number of rotatable bonds is 4. The maximum absolute atomic E-state index is 11.5. The van der Waals surface area contributed by atoms with Crippen molar-refractivity contribution in [2.45, 2.75) is 12.6 Å². The van der Waals surface area contributed by atoms with Gasteiger partial charge in [0, 0.05) is 38.1 Å². The summed E-state index contributed by atoms with van der Waals surface area (Å²) in [7, 11) is 1.37. The normalized spacial score (nSPS) is 18.2. The number of carbonyl (C=O) groups is 1. The van der Waals surface area contributed by atoms with Crippen molar-refractivity contribution < 1.29 is 13.9 Å². The molecule has 0 aliphatic carbocycles. The maximum atomic E-state index is 11.5. The Labute approximate surface area is 141 Å². The number of furan rings is 1. The summed E-state index contributed by atoms with van der Waals surface area (Å²) in [6.07, 6.45) is 5.07. The van der Waals surface area contributed by atoms with Gasteiger partial charge >= 0.3 is 5.97 Å². The van der Waals surface area contributed by atoms with Crippen LogP contribution >= 0.6 is 12.4 Å². The van der Waals surface area contributed by atoms with Crippen LogP contribution in [0.1, 0.15) is 27.7 Å². The molecule has 3 rings (SSSR count). The summed E-state index contributed by atoms with van der Waals surface area (Å²) in [5.74, 6) is 0.391. The molecule has 0 bridgehead atoms. The number of nitrogens with one attached hydrogen (secondary N) is 1. The topological polar surface area (TPSA) is 67.6 Å². The van der Waals surface area contributed by atoms with E-state index in [1.165, 1.54) is 18.9 Å². The van der Waals surface area contributed by atoms with Gasteiger partial charge in [-0.05, 0) is 23.8 Å². The number of hydrogen-bond acceptors (Lipinski definition) is 6. The largest absolute Gasteiger partial charge is 0.467 e. The molecule has 1 N–H and O–H groups in total. The Morgan fingerprint density at radius 3 is 3.00 bits per heavy atom. The summed E-state index contributed by atoms with van der Waals surface area (Å²) >= 11 is 0. The van der Waals surface area contributed by atoms with E-state index in [4.69, 9.17) is 9.15 Å². The van der Waals surface area contributed by atoms with Gasteiger partial charge in [0.15, 0.2) is 0 Å². The van der Waals surface area contributed by atoms with Crippen molar-refractivity contribution in [2.24, 2.45) is 0 Å². The third-order valence-corrected chi connectivity index (χ3v) is 3.88. The van der Waals surface area contributed by atoms with Crippen LogP contribution in [-0.4, -0.2) is 42.6 Å². The average Bonchev–Trinajstić information content (AvgIpc) is 3.04. The van der Waals surface area contributed by atoms with Crippen LogP contribution in [0.4, 0.5) is 0 Å². The SMILES string of the molecule is COC(=O)c1coc(CN2CCNCC2c2ccncc2)c1.Cl. The van der Waals surface area contributed by atoms with Crippen LogP contribution in [-0.2, 0) is 11.3 Å². The second-order valence-electron chi connectivity index (χ2n) is 5.26. The first-order chi connectivity index (χ1) is 10.8. The van der Waals surface area contributed by atoms with Crippen LogP contribution in [0, 0.1) is 0 Å². The van der Waals surface area contributed by atoms with Gasteiger partial charge in [-0.15, -0.1) is 12.4 Å². The van der Waals surface area contributed by atoms with Crippen LogP contribution in [0.5, 0.6) is 0 Å². The molecular weight excluding hydrogens is 318 g/mol. The van der Waals surface area contributed by atoms with Crippen LogP contribution in [0.15, 0.2) is 41.3 Å². The van der Waals surface area contributed by atoms with Gasteiger partial charge in [0.05, 0.1) is 19.2 Å². The summed E-state index contributed by atoms with van der Waals surface area (Å²) in [5, 5.41) is 3.41. The minimum atomic E-state index is -0.374. The second kappa shape index (κ2) is 8.10. The van der Waals surface area contributed by atoms with E-state index in [2.05, 4.69) is 15.2 Å². The zero-order valence-corrected chi connectivity index (χ0v) is 13.7. The molecule has 0 amide bonds. The zero-order chi connectivity index (χ0) is 15.4. The molecular formula is C16H20ClN3O3. The fourth-order valence-corrected chi connectivity index (χ4v) is 2.74. The van der Waals surface area contributed by atoms with Crippen LogP contribution < -0.4 is 5.32 Å². The molecule has 1 aliphatic rings. The van der Waals surface area contributed by atoms with E-state index in [-0.39, 0.29) is 24.4 Å². The Kier molecular flexibility index (Phi) is 6.15. The third-order valence-electron chi connectivity index (χ3n) is 3.88. The van der Waals surface area contributed by atoms with Gasteiger partial charge in [0.1, 0.15) is 12.0 Å². The molecule has 6 nitrogen and oxygen atoms in total. The minimum Gasteiger partial charge on any atom is -0.467 e.